The Hall–Kier alpha value is -1.84. The molecule has 2 fully saturated rings. The number of halogens is 1. The molecule has 0 radical (unpaired) electrons. The third-order valence-electron chi connectivity index (χ3n) is 6.22. The van der Waals surface area contributed by atoms with Crippen LogP contribution < -0.4 is 16.0 Å². The molecule has 1 unspecified atom stereocenters. The van der Waals surface area contributed by atoms with Gasteiger partial charge in [-0.25, -0.2) is 0 Å². The highest BCUT2D eigenvalue weighted by molar-refractivity contribution is 14.0. The van der Waals surface area contributed by atoms with Crippen molar-refractivity contribution in [1.29, 1.82) is 0 Å². The van der Waals surface area contributed by atoms with E-state index in [1.165, 1.54) is 19.3 Å². The number of nitrogens with zero attached hydrogens (tertiary/aromatic N) is 2. The van der Waals surface area contributed by atoms with Gasteiger partial charge in [-0.15, -0.1) is 24.0 Å². The number of carbonyl (C=O) groups excluding carboxylic acids is 2. The van der Waals surface area contributed by atoms with Crippen molar-refractivity contribution in [3.05, 3.63) is 29.8 Å². The van der Waals surface area contributed by atoms with E-state index in [9.17, 15) is 9.59 Å². The number of hydrogen-bond donors (Lipinski definition) is 3. The van der Waals surface area contributed by atoms with Gasteiger partial charge in [0.2, 0.25) is 11.8 Å². The SMILES string of the molecule is CN=C(NCc1ccc(NC(=O)C(C)C)cc1)NC1CCN(C(=O)C2CCCCC2)C1.I. The number of hydrogen-bond acceptors (Lipinski definition) is 3. The second-order valence-electron chi connectivity index (χ2n) is 9.02. The number of rotatable bonds is 6. The summed E-state index contributed by atoms with van der Waals surface area (Å²) < 4.78 is 0. The van der Waals surface area contributed by atoms with E-state index in [2.05, 4.69) is 20.9 Å². The zero-order valence-electron chi connectivity index (χ0n) is 19.5. The lowest BCUT2D eigenvalue weighted by Gasteiger charge is -2.26. The van der Waals surface area contributed by atoms with Crippen molar-refractivity contribution in [2.24, 2.45) is 16.8 Å². The number of anilines is 1. The van der Waals surface area contributed by atoms with Crippen molar-refractivity contribution < 1.29 is 9.59 Å². The zero-order chi connectivity index (χ0) is 22.2. The molecule has 3 rings (SSSR count). The third kappa shape index (κ3) is 7.64. The standard InChI is InChI=1S/C24H37N5O2.HI/c1-17(2)22(30)27-20-11-9-18(10-12-20)15-26-24(25-3)28-21-13-14-29(16-21)23(31)19-7-5-4-6-8-19;/h9-12,17,19,21H,4-8,13-16H2,1-3H3,(H,27,30)(H2,25,26,28);1H. The van der Waals surface area contributed by atoms with Crippen LogP contribution in [0.3, 0.4) is 0 Å². The summed E-state index contributed by atoms with van der Waals surface area (Å²) in [5.74, 6) is 1.30. The zero-order valence-corrected chi connectivity index (χ0v) is 21.9. The van der Waals surface area contributed by atoms with Gasteiger partial charge in [0, 0.05) is 50.2 Å². The van der Waals surface area contributed by atoms with Gasteiger partial charge in [-0.1, -0.05) is 45.2 Å². The lowest BCUT2D eigenvalue weighted by molar-refractivity contribution is -0.135. The van der Waals surface area contributed by atoms with E-state index in [-0.39, 0.29) is 47.8 Å². The highest BCUT2D eigenvalue weighted by atomic mass is 127. The highest BCUT2D eigenvalue weighted by Crippen LogP contribution is 2.26. The summed E-state index contributed by atoms with van der Waals surface area (Å²) in [5.41, 5.74) is 1.91. The van der Waals surface area contributed by atoms with Gasteiger partial charge in [-0.05, 0) is 37.0 Å². The second-order valence-corrected chi connectivity index (χ2v) is 9.02. The van der Waals surface area contributed by atoms with Crippen molar-refractivity contribution >= 4 is 47.4 Å². The average Bonchev–Trinajstić information content (AvgIpc) is 3.26. The molecule has 1 heterocycles. The number of guanidine groups is 1. The van der Waals surface area contributed by atoms with Crippen LogP contribution in [0.4, 0.5) is 5.69 Å². The second kappa shape index (κ2) is 13.0. The van der Waals surface area contributed by atoms with Crippen LogP contribution in [0.25, 0.3) is 0 Å². The van der Waals surface area contributed by atoms with Crippen molar-refractivity contribution in [2.75, 3.05) is 25.5 Å². The van der Waals surface area contributed by atoms with Gasteiger partial charge < -0.3 is 20.9 Å². The summed E-state index contributed by atoms with van der Waals surface area (Å²) in [5, 5.41) is 9.71. The van der Waals surface area contributed by atoms with E-state index in [0.717, 1.165) is 49.6 Å². The monoisotopic (exact) mass is 555 g/mol. The van der Waals surface area contributed by atoms with E-state index in [0.29, 0.717) is 12.5 Å². The van der Waals surface area contributed by atoms with Gasteiger partial charge in [0.05, 0.1) is 0 Å². The van der Waals surface area contributed by atoms with Crippen LogP contribution in [0.15, 0.2) is 29.3 Å². The first-order valence-corrected chi connectivity index (χ1v) is 11.6. The summed E-state index contributed by atoms with van der Waals surface area (Å²) in [6.45, 7) is 5.97. The topological polar surface area (TPSA) is 85.8 Å². The van der Waals surface area contributed by atoms with Gasteiger partial charge in [-0.2, -0.15) is 0 Å². The van der Waals surface area contributed by atoms with Crippen LogP contribution in [0.2, 0.25) is 0 Å². The Kier molecular flexibility index (Phi) is 10.7. The minimum Gasteiger partial charge on any atom is -0.352 e. The summed E-state index contributed by atoms with van der Waals surface area (Å²) in [6, 6.07) is 8.05. The number of likely N-dealkylation sites (tertiary alicyclic amines) is 1. The Morgan fingerprint density at radius 1 is 1.09 bits per heavy atom. The average molecular weight is 556 g/mol. The molecule has 1 aromatic carbocycles. The molecule has 2 aliphatic rings. The first-order chi connectivity index (χ1) is 15.0. The van der Waals surface area contributed by atoms with Crippen LogP contribution >= 0.6 is 24.0 Å². The predicted molar refractivity (Wildman–Crippen MR) is 140 cm³/mol. The van der Waals surface area contributed by atoms with E-state index >= 15 is 0 Å². The molecule has 0 bridgehead atoms. The van der Waals surface area contributed by atoms with E-state index in [4.69, 9.17) is 0 Å². The summed E-state index contributed by atoms with van der Waals surface area (Å²) in [7, 11) is 1.76. The first-order valence-electron chi connectivity index (χ1n) is 11.6. The lowest BCUT2D eigenvalue weighted by Crippen LogP contribution is -2.45. The van der Waals surface area contributed by atoms with Gasteiger partial charge in [-0.3, -0.25) is 14.6 Å². The van der Waals surface area contributed by atoms with Gasteiger partial charge >= 0.3 is 0 Å². The number of aliphatic imine (C=N–C) groups is 1. The summed E-state index contributed by atoms with van der Waals surface area (Å²) >= 11 is 0. The fourth-order valence-electron chi connectivity index (χ4n) is 4.25. The molecule has 1 saturated heterocycles. The molecule has 1 atom stereocenters. The summed E-state index contributed by atoms with van der Waals surface area (Å²) in [6.07, 6.45) is 6.70. The molecule has 178 valence electrons. The molecule has 1 saturated carbocycles. The van der Waals surface area contributed by atoms with Crippen LogP contribution in [0.1, 0.15) is 57.9 Å². The highest BCUT2D eigenvalue weighted by Gasteiger charge is 2.31. The van der Waals surface area contributed by atoms with E-state index < -0.39 is 0 Å². The number of benzene rings is 1. The maximum absolute atomic E-state index is 12.8. The van der Waals surface area contributed by atoms with Crippen LogP contribution in [0.5, 0.6) is 0 Å². The first kappa shape index (κ1) is 26.4. The Bertz CT molecular complexity index is 775. The number of carbonyl (C=O) groups is 2. The minimum absolute atomic E-state index is 0. The van der Waals surface area contributed by atoms with Gasteiger partial charge in [0.25, 0.3) is 0 Å². The van der Waals surface area contributed by atoms with Crippen molar-refractivity contribution in [3.8, 4) is 0 Å². The van der Waals surface area contributed by atoms with E-state index in [1.807, 2.05) is 43.0 Å². The van der Waals surface area contributed by atoms with Crippen molar-refractivity contribution in [3.63, 3.8) is 0 Å². The number of amides is 2. The van der Waals surface area contributed by atoms with Crippen molar-refractivity contribution in [1.82, 2.24) is 15.5 Å². The molecule has 8 heteroatoms. The van der Waals surface area contributed by atoms with Crippen LogP contribution in [-0.4, -0.2) is 48.9 Å². The molecule has 0 spiro atoms. The smallest absolute Gasteiger partial charge is 0.226 e. The quantitative estimate of drug-likeness (QED) is 0.284. The molecule has 2 amide bonds. The Morgan fingerprint density at radius 3 is 2.41 bits per heavy atom. The molecular formula is C24H38IN5O2. The molecule has 1 aromatic rings. The maximum Gasteiger partial charge on any atom is 0.226 e. The fourth-order valence-corrected chi connectivity index (χ4v) is 4.25. The Labute approximate surface area is 209 Å². The molecule has 1 aliphatic carbocycles. The molecule has 7 nitrogen and oxygen atoms in total. The van der Waals surface area contributed by atoms with Crippen LogP contribution in [0, 0.1) is 11.8 Å². The predicted octanol–water partition coefficient (Wildman–Crippen LogP) is 3.75. The molecular weight excluding hydrogens is 517 g/mol. The van der Waals surface area contributed by atoms with Gasteiger partial charge in [0.1, 0.15) is 0 Å². The lowest BCUT2D eigenvalue weighted by atomic mass is 9.88. The Balaban J connectivity index is 0.00000363. The molecule has 3 N–H and O–H groups in total. The van der Waals surface area contributed by atoms with Gasteiger partial charge in [0.15, 0.2) is 5.96 Å². The normalized spacial score (nSPS) is 19.4. The molecule has 1 aliphatic heterocycles. The minimum atomic E-state index is -0.0415. The molecule has 0 aromatic heterocycles. The molecule has 32 heavy (non-hydrogen) atoms. The van der Waals surface area contributed by atoms with Crippen LogP contribution in [-0.2, 0) is 16.1 Å². The maximum atomic E-state index is 12.8. The number of nitrogens with one attached hydrogen (secondary N) is 3. The van der Waals surface area contributed by atoms with Crippen molar-refractivity contribution in [2.45, 2.75) is 65.0 Å². The fraction of sp³-hybridized carbons (Fsp3) is 0.625. The largest absolute Gasteiger partial charge is 0.352 e. The summed E-state index contributed by atoms with van der Waals surface area (Å²) in [4.78, 5) is 30.9. The third-order valence-corrected chi connectivity index (χ3v) is 6.22. The Morgan fingerprint density at radius 2 is 1.78 bits per heavy atom. The van der Waals surface area contributed by atoms with E-state index in [1.54, 1.807) is 7.05 Å².